The second-order valence-electron chi connectivity index (χ2n) is 7.13. The van der Waals surface area contributed by atoms with Crippen molar-refractivity contribution in [1.29, 1.82) is 0 Å². The van der Waals surface area contributed by atoms with Gasteiger partial charge >= 0.3 is 0 Å². The summed E-state index contributed by atoms with van der Waals surface area (Å²) in [5, 5.41) is 14.8. The number of likely N-dealkylation sites (tertiary alicyclic amines) is 1. The first kappa shape index (κ1) is 18.0. The molecule has 1 fully saturated rings. The number of piperidine rings is 1. The summed E-state index contributed by atoms with van der Waals surface area (Å²) in [6.45, 7) is 8.27. The Hall–Kier alpha value is -1.85. The van der Waals surface area contributed by atoms with Gasteiger partial charge in [0.2, 0.25) is 0 Å². The second kappa shape index (κ2) is 8.50. The Balaban J connectivity index is 1.38. The molecule has 1 saturated heterocycles. The largest absolute Gasteiger partial charge is 0.491 e. The first-order chi connectivity index (χ1) is 12.1. The van der Waals surface area contributed by atoms with Gasteiger partial charge in [0.05, 0.1) is 5.69 Å². The van der Waals surface area contributed by atoms with Gasteiger partial charge in [-0.1, -0.05) is 18.2 Å². The molecule has 0 spiro atoms. The van der Waals surface area contributed by atoms with Gasteiger partial charge in [-0.3, -0.25) is 4.68 Å². The summed E-state index contributed by atoms with van der Waals surface area (Å²) in [6, 6.07) is 11.8. The van der Waals surface area contributed by atoms with Crippen molar-refractivity contribution < 1.29 is 9.84 Å². The van der Waals surface area contributed by atoms with Crippen LogP contribution in [0, 0.1) is 19.8 Å². The second-order valence-corrected chi connectivity index (χ2v) is 7.13. The maximum atomic E-state index is 10.2. The lowest BCUT2D eigenvalue weighted by molar-refractivity contribution is 0.0533. The van der Waals surface area contributed by atoms with Gasteiger partial charge in [-0.15, -0.1) is 0 Å². The molecular formula is C20H29N3O2. The SMILES string of the molecule is Cc1cc(C)n(CC2CCN(C[C@H](O)COc3ccccc3)CC2)n1. The van der Waals surface area contributed by atoms with E-state index in [0.717, 1.165) is 43.9 Å². The molecule has 1 aliphatic rings. The van der Waals surface area contributed by atoms with E-state index in [0.29, 0.717) is 19.1 Å². The maximum Gasteiger partial charge on any atom is 0.119 e. The molecule has 1 aromatic heterocycles. The van der Waals surface area contributed by atoms with Crippen LogP contribution in [0.1, 0.15) is 24.2 Å². The molecular weight excluding hydrogens is 314 g/mol. The topological polar surface area (TPSA) is 50.5 Å². The summed E-state index contributed by atoms with van der Waals surface area (Å²) in [4.78, 5) is 2.34. The molecule has 2 heterocycles. The summed E-state index contributed by atoms with van der Waals surface area (Å²) in [5.41, 5.74) is 2.34. The highest BCUT2D eigenvalue weighted by Gasteiger charge is 2.22. The predicted octanol–water partition coefficient (Wildman–Crippen LogP) is 2.65. The lowest BCUT2D eigenvalue weighted by atomic mass is 9.96. The van der Waals surface area contributed by atoms with E-state index < -0.39 is 6.10 Å². The summed E-state index contributed by atoms with van der Waals surface area (Å²) in [7, 11) is 0. The average Bonchev–Trinajstić information content (AvgIpc) is 2.93. The molecule has 0 unspecified atom stereocenters. The number of nitrogens with zero attached hydrogens (tertiary/aromatic N) is 3. The number of β-amino-alcohol motifs (C(OH)–C–C–N with tert-alkyl or cyclic N) is 1. The fourth-order valence-corrected chi connectivity index (χ4v) is 3.52. The van der Waals surface area contributed by atoms with Crippen molar-refractivity contribution >= 4 is 0 Å². The number of aromatic nitrogens is 2. The van der Waals surface area contributed by atoms with E-state index in [-0.39, 0.29) is 0 Å². The van der Waals surface area contributed by atoms with E-state index in [4.69, 9.17) is 4.74 Å². The van der Waals surface area contributed by atoms with Crippen LogP contribution in [-0.4, -0.2) is 52.1 Å². The molecule has 1 N–H and O–H groups in total. The molecule has 0 bridgehead atoms. The monoisotopic (exact) mass is 343 g/mol. The molecule has 0 aliphatic carbocycles. The molecule has 1 aromatic carbocycles. The minimum Gasteiger partial charge on any atom is -0.491 e. The van der Waals surface area contributed by atoms with Crippen molar-refractivity contribution in [2.45, 2.75) is 39.3 Å². The zero-order valence-electron chi connectivity index (χ0n) is 15.3. The number of hydrogen-bond donors (Lipinski definition) is 1. The lowest BCUT2D eigenvalue weighted by Crippen LogP contribution is -2.41. The number of ether oxygens (including phenoxy) is 1. The van der Waals surface area contributed by atoms with Gasteiger partial charge in [0.25, 0.3) is 0 Å². The quantitative estimate of drug-likeness (QED) is 0.840. The van der Waals surface area contributed by atoms with Crippen molar-refractivity contribution in [3.05, 3.63) is 47.8 Å². The molecule has 5 nitrogen and oxygen atoms in total. The van der Waals surface area contributed by atoms with Gasteiger partial charge in [0.15, 0.2) is 0 Å². The molecule has 3 rings (SSSR count). The Morgan fingerprint density at radius 2 is 1.92 bits per heavy atom. The molecule has 25 heavy (non-hydrogen) atoms. The Morgan fingerprint density at radius 1 is 1.20 bits per heavy atom. The van der Waals surface area contributed by atoms with Gasteiger partial charge in [-0.25, -0.2) is 0 Å². The average molecular weight is 343 g/mol. The number of para-hydroxylation sites is 1. The van der Waals surface area contributed by atoms with E-state index in [2.05, 4.69) is 27.7 Å². The van der Waals surface area contributed by atoms with Gasteiger partial charge in [0, 0.05) is 18.8 Å². The number of aliphatic hydroxyl groups is 1. The molecule has 2 aromatic rings. The predicted molar refractivity (Wildman–Crippen MR) is 98.8 cm³/mol. The van der Waals surface area contributed by atoms with Crippen molar-refractivity contribution in [1.82, 2.24) is 14.7 Å². The van der Waals surface area contributed by atoms with Crippen molar-refractivity contribution in [3.63, 3.8) is 0 Å². The Kier molecular flexibility index (Phi) is 6.10. The summed E-state index contributed by atoms with van der Waals surface area (Å²) in [5.74, 6) is 1.48. The molecule has 0 radical (unpaired) electrons. The number of aliphatic hydroxyl groups excluding tert-OH is 1. The fraction of sp³-hybridized carbons (Fsp3) is 0.550. The third-order valence-electron chi connectivity index (χ3n) is 4.90. The van der Waals surface area contributed by atoms with Crippen LogP contribution in [0.25, 0.3) is 0 Å². The highest BCUT2D eigenvalue weighted by atomic mass is 16.5. The van der Waals surface area contributed by atoms with E-state index in [1.165, 1.54) is 5.69 Å². The van der Waals surface area contributed by atoms with E-state index in [1.54, 1.807) is 0 Å². The number of aryl methyl sites for hydroxylation is 2. The van der Waals surface area contributed by atoms with Crippen LogP contribution in [0.4, 0.5) is 0 Å². The van der Waals surface area contributed by atoms with Crippen LogP contribution in [0.2, 0.25) is 0 Å². The lowest BCUT2D eigenvalue weighted by Gasteiger charge is -2.33. The Labute approximate surface area is 150 Å². The molecule has 1 atom stereocenters. The molecule has 5 heteroatoms. The van der Waals surface area contributed by atoms with Gasteiger partial charge in [0.1, 0.15) is 18.5 Å². The van der Waals surface area contributed by atoms with Gasteiger partial charge in [-0.2, -0.15) is 5.10 Å². The third kappa shape index (κ3) is 5.31. The number of rotatable bonds is 7. The first-order valence-electron chi connectivity index (χ1n) is 9.19. The van der Waals surface area contributed by atoms with Crippen LogP contribution in [0.15, 0.2) is 36.4 Å². The van der Waals surface area contributed by atoms with Crippen molar-refractivity contribution in [3.8, 4) is 5.75 Å². The number of hydrogen-bond acceptors (Lipinski definition) is 4. The highest BCUT2D eigenvalue weighted by molar-refractivity contribution is 5.20. The minimum atomic E-state index is -0.451. The minimum absolute atomic E-state index is 0.343. The molecule has 1 aliphatic heterocycles. The van der Waals surface area contributed by atoms with Crippen LogP contribution in [0.5, 0.6) is 5.75 Å². The van der Waals surface area contributed by atoms with Crippen LogP contribution < -0.4 is 4.74 Å². The smallest absolute Gasteiger partial charge is 0.119 e. The fourth-order valence-electron chi connectivity index (χ4n) is 3.52. The van der Waals surface area contributed by atoms with E-state index in [1.807, 2.05) is 37.3 Å². The van der Waals surface area contributed by atoms with Crippen LogP contribution in [-0.2, 0) is 6.54 Å². The van der Waals surface area contributed by atoms with E-state index in [9.17, 15) is 5.11 Å². The molecule has 136 valence electrons. The zero-order valence-corrected chi connectivity index (χ0v) is 15.3. The maximum absolute atomic E-state index is 10.2. The normalized spacial score (nSPS) is 17.6. The summed E-state index contributed by atoms with van der Waals surface area (Å²) >= 11 is 0. The van der Waals surface area contributed by atoms with Crippen LogP contribution in [0.3, 0.4) is 0 Å². The first-order valence-corrected chi connectivity index (χ1v) is 9.19. The van der Waals surface area contributed by atoms with E-state index >= 15 is 0 Å². The molecule has 0 saturated carbocycles. The highest BCUT2D eigenvalue weighted by Crippen LogP contribution is 2.20. The third-order valence-corrected chi connectivity index (χ3v) is 4.90. The van der Waals surface area contributed by atoms with Crippen molar-refractivity contribution in [2.24, 2.45) is 5.92 Å². The standard InChI is InChI=1S/C20H29N3O2/c1-16-12-17(2)23(21-16)13-18-8-10-22(11-9-18)14-19(24)15-25-20-6-4-3-5-7-20/h3-7,12,18-19,24H,8-11,13-15H2,1-2H3/t19-/m0/s1. The van der Waals surface area contributed by atoms with Gasteiger partial charge in [-0.05, 0) is 63.9 Å². The zero-order chi connectivity index (χ0) is 17.6. The van der Waals surface area contributed by atoms with Crippen molar-refractivity contribution in [2.75, 3.05) is 26.2 Å². The Morgan fingerprint density at radius 3 is 2.56 bits per heavy atom. The number of benzene rings is 1. The molecule has 0 amide bonds. The summed E-state index contributed by atoms with van der Waals surface area (Å²) < 4.78 is 7.77. The Bertz CT molecular complexity index is 648. The van der Waals surface area contributed by atoms with Crippen LogP contribution >= 0.6 is 0 Å². The summed E-state index contributed by atoms with van der Waals surface area (Å²) in [6.07, 6.45) is 1.86. The van der Waals surface area contributed by atoms with Gasteiger partial charge < -0.3 is 14.7 Å².